The third kappa shape index (κ3) is 9.52. The van der Waals surface area contributed by atoms with E-state index in [0.29, 0.717) is 138 Å². The van der Waals surface area contributed by atoms with Crippen molar-refractivity contribution in [2.75, 3.05) is 0 Å². The number of hydrogen-bond donors (Lipinski definition) is 0. The molecule has 92 heavy (non-hydrogen) atoms. The molecular weight excluding hydrogens is 1150 g/mol. The number of nitrogens with zero attached hydrogens (tertiary/aromatic N) is 12. The van der Waals surface area contributed by atoms with Gasteiger partial charge in [-0.2, -0.15) is 65.8 Å². The fourth-order valence-corrected chi connectivity index (χ4v) is 12.3. The van der Waals surface area contributed by atoms with Crippen LogP contribution in [0.1, 0.15) is 61.2 Å². The molecule has 13 rings (SSSR count). The Morgan fingerprint density at radius 3 is 0.848 bits per heavy atom. The van der Waals surface area contributed by atoms with Crippen molar-refractivity contribution >= 4 is 43.6 Å². The lowest BCUT2D eigenvalue weighted by molar-refractivity contribution is -0.137. The van der Waals surface area contributed by atoms with Crippen LogP contribution in [0, 0.1) is 113 Å². The molecule has 0 bridgehead atoms. The van der Waals surface area contributed by atoms with E-state index in [0.717, 1.165) is 12.1 Å². The molecule has 11 aromatic carbocycles. The van der Waals surface area contributed by atoms with Gasteiger partial charge in [0.1, 0.15) is 0 Å². The summed E-state index contributed by atoms with van der Waals surface area (Å²) in [6.07, 6.45) is -4.76. The van der Waals surface area contributed by atoms with Gasteiger partial charge in [0.2, 0.25) is 0 Å². The van der Waals surface area contributed by atoms with Crippen LogP contribution in [0.2, 0.25) is 0 Å². The molecule has 0 saturated carbocycles. The molecule has 0 unspecified atom stereocenters. The van der Waals surface area contributed by atoms with Crippen molar-refractivity contribution in [2.45, 2.75) is 6.18 Å². The number of hydrogen-bond acceptors (Lipinski definition) is 10. The fourth-order valence-electron chi connectivity index (χ4n) is 12.3. The van der Waals surface area contributed by atoms with Crippen LogP contribution in [0.4, 0.5) is 13.2 Å². The molecule has 15 heteroatoms. The number of rotatable bonds is 8. The monoisotopic (exact) mass is 1180 g/mol. The Hall–Kier alpha value is -14.3. The Kier molecular flexibility index (Phi) is 13.9. The van der Waals surface area contributed by atoms with Gasteiger partial charge < -0.3 is 9.13 Å². The summed E-state index contributed by atoms with van der Waals surface area (Å²) < 4.78 is 47.0. The molecule has 2 aromatic heterocycles. The van der Waals surface area contributed by atoms with Crippen LogP contribution in [0.3, 0.4) is 0 Å². The number of fused-ring (bicyclic) bond motifs is 6. The molecule has 0 saturated heterocycles. The van der Waals surface area contributed by atoms with Gasteiger partial charge in [-0.25, -0.2) is 0 Å². The smallest absolute Gasteiger partial charge is 0.309 e. The Bertz CT molecular complexity index is 5640. The minimum absolute atomic E-state index is 0.197. The van der Waals surface area contributed by atoms with E-state index in [4.69, 9.17) is 0 Å². The zero-order chi connectivity index (χ0) is 64.1. The van der Waals surface area contributed by atoms with Crippen molar-refractivity contribution in [1.29, 1.82) is 52.6 Å². The zero-order valence-electron chi connectivity index (χ0n) is 47.6. The summed E-state index contributed by atoms with van der Waals surface area (Å²) in [6, 6.07) is 77.2. The maximum absolute atomic E-state index is 14.3. The molecule has 0 fully saturated rings. The van der Waals surface area contributed by atoms with E-state index in [1.165, 1.54) is 30.3 Å². The van der Waals surface area contributed by atoms with E-state index in [1.807, 2.05) is 94.1 Å². The molecule has 0 aliphatic rings. The Morgan fingerprint density at radius 2 is 0.522 bits per heavy atom. The van der Waals surface area contributed by atoms with Gasteiger partial charge in [-0.3, -0.25) is 0 Å². The lowest BCUT2D eigenvalue weighted by Crippen LogP contribution is -2.05. The van der Waals surface area contributed by atoms with Crippen LogP contribution in [0.5, 0.6) is 0 Å². The third-order valence-electron chi connectivity index (χ3n) is 16.5. The molecule has 0 atom stereocenters. The highest BCUT2D eigenvalue weighted by Crippen LogP contribution is 2.46. The van der Waals surface area contributed by atoms with Crippen molar-refractivity contribution in [3.63, 3.8) is 0 Å². The first-order chi connectivity index (χ1) is 44.7. The topological polar surface area (TPSA) is 248 Å². The van der Waals surface area contributed by atoms with E-state index in [1.54, 1.807) is 78.9 Å². The first-order valence-corrected chi connectivity index (χ1v) is 28.0. The van der Waals surface area contributed by atoms with E-state index in [-0.39, 0.29) is 38.9 Å². The molecule has 12 nitrogen and oxygen atoms in total. The molecule has 0 aliphatic heterocycles. The predicted molar refractivity (Wildman–Crippen MR) is 340 cm³/mol. The summed E-state index contributed by atoms with van der Waals surface area (Å²) in [5.74, 6) is 0. The van der Waals surface area contributed by atoms with E-state index < -0.39 is 11.7 Å². The van der Waals surface area contributed by atoms with Crippen LogP contribution in [-0.4, -0.2) is 9.13 Å². The quantitative estimate of drug-likeness (QED) is 0.139. The second-order valence-corrected chi connectivity index (χ2v) is 21.5. The first-order valence-electron chi connectivity index (χ1n) is 28.0. The lowest BCUT2D eigenvalue weighted by Gasteiger charge is -2.20. The number of aromatic nitrogens is 2. The maximum Gasteiger partial charge on any atom is 0.416 e. The maximum atomic E-state index is 14.3. The average molecular weight is 1180 g/mol. The van der Waals surface area contributed by atoms with Crippen molar-refractivity contribution in [3.8, 4) is 139 Å². The molecule has 2 heterocycles. The van der Waals surface area contributed by atoms with Crippen molar-refractivity contribution in [3.05, 3.63) is 261 Å². The highest BCUT2D eigenvalue weighted by Gasteiger charge is 2.32. The van der Waals surface area contributed by atoms with Crippen LogP contribution < -0.4 is 0 Å². The first kappa shape index (κ1) is 56.8. The van der Waals surface area contributed by atoms with E-state index in [9.17, 15) is 65.8 Å². The zero-order valence-corrected chi connectivity index (χ0v) is 47.6. The van der Waals surface area contributed by atoms with Crippen LogP contribution >= 0.6 is 0 Å². The normalized spacial score (nSPS) is 10.9. The van der Waals surface area contributed by atoms with Crippen molar-refractivity contribution in [1.82, 2.24) is 9.13 Å². The Morgan fingerprint density at radius 1 is 0.239 bits per heavy atom. The molecule has 0 N–H and O–H groups in total. The van der Waals surface area contributed by atoms with Crippen molar-refractivity contribution in [2.24, 2.45) is 0 Å². The SMILES string of the molecule is N#Cc1ccc(-c2ccc3c(c2)c2cc(-c4ccc(C#N)cc4C#N)ccc2n3-c2ccc(-c3ccc(C(F)(F)F)cc3C#N)cc2-c2ccc(C#N)cc2-n2c3ccc(-c4ccc(C#N)cc4C#N)cc3c3cc(-c4ccc(C#N)cc4C#N)ccc32)c(C#N)c1. The fraction of sp³-hybridized carbons (Fsp3) is 0.0130. The van der Waals surface area contributed by atoms with Gasteiger partial charge in [-0.05, 0) is 189 Å². The third-order valence-corrected chi connectivity index (χ3v) is 16.5. The lowest BCUT2D eigenvalue weighted by atomic mass is 9.92. The number of nitriles is 10. The van der Waals surface area contributed by atoms with E-state index >= 15 is 0 Å². The molecule has 422 valence electrons. The van der Waals surface area contributed by atoms with Gasteiger partial charge in [-0.15, -0.1) is 0 Å². The summed E-state index contributed by atoms with van der Waals surface area (Å²) >= 11 is 0. The van der Waals surface area contributed by atoms with Gasteiger partial charge in [-0.1, -0.05) is 66.7 Å². The second kappa shape index (κ2) is 22.5. The molecule has 13 aromatic rings. The highest BCUT2D eigenvalue weighted by atomic mass is 19.4. The summed E-state index contributed by atoms with van der Waals surface area (Å²) in [7, 11) is 0. The van der Waals surface area contributed by atoms with Gasteiger partial charge in [0.15, 0.2) is 0 Å². The number of halogens is 3. The van der Waals surface area contributed by atoms with Gasteiger partial charge >= 0.3 is 6.18 Å². The Balaban J connectivity index is 1.14. The molecule has 0 radical (unpaired) electrons. The van der Waals surface area contributed by atoms with Crippen LogP contribution in [0.15, 0.2) is 200 Å². The summed E-state index contributed by atoms with van der Waals surface area (Å²) in [5, 5.41) is 105. The van der Waals surface area contributed by atoms with Gasteiger partial charge in [0, 0.05) is 32.7 Å². The van der Waals surface area contributed by atoms with Crippen LogP contribution in [0.25, 0.3) is 122 Å². The second-order valence-electron chi connectivity index (χ2n) is 21.5. The predicted octanol–water partition coefficient (Wildman–Crippen LogP) is 17.6. The largest absolute Gasteiger partial charge is 0.416 e. The summed E-state index contributed by atoms with van der Waals surface area (Å²) in [4.78, 5) is 0. The minimum Gasteiger partial charge on any atom is -0.309 e. The van der Waals surface area contributed by atoms with Crippen molar-refractivity contribution < 1.29 is 13.2 Å². The standard InChI is InChI=1S/C77H33F3N12/c78-77(79,80)59-11-17-64(58(28-59)43-90)49-6-18-71(91-72-19-7-50(60-12-1-44(34-81)23-54(60)39-86)30-67(72)68-31-51(8-20-73(68)91)61-13-2-45(35-82)24-55(61)40-87)66(29-49)65-16-5-48(38-85)27-76(65)92-74-21-9-52(62-14-3-46(36-83)25-56(62)41-88)32-69(74)70-33-53(10-22-75(70)92)63-15-4-47(37-84)26-57(63)42-89/h1-33H. The highest BCUT2D eigenvalue weighted by molar-refractivity contribution is 6.14. The number of alkyl halides is 3. The van der Waals surface area contributed by atoms with E-state index in [2.05, 4.69) is 54.6 Å². The molecular formula is C77H33F3N12. The van der Waals surface area contributed by atoms with Crippen LogP contribution in [-0.2, 0) is 6.18 Å². The molecule has 0 amide bonds. The van der Waals surface area contributed by atoms with Gasteiger partial charge in [0.25, 0.3) is 0 Å². The minimum atomic E-state index is -4.76. The molecule has 0 spiro atoms. The Labute approximate surface area is 522 Å². The molecule has 0 aliphatic carbocycles. The number of benzene rings is 11. The average Bonchev–Trinajstić information content (AvgIpc) is 1.55. The summed E-state index contributed by atoms with van der Waals surface area (Å²) in [6.45, 7) is 0. The van der Waals surface area contributed by atoms with Gasteiger partial charge in [0.05, 0.1) is 155 Å². The summed E-state index contributed by atoms with van der Waals surface area (Å²) in [5.41, 5.74) is 11.0.